The van der Waals surface area contributed by atoms with Gasteiger partial charge in [-0.05, 0) is 24.7 Å². The van der Waals surface area contributed by atoms with Gasteiger partial charge in [-0.3, -0.25) is 9.58 Å². The van der Waals surface area contributed by atoms with Crippen molar-refractivity contribution in [1.82, 2.24) is 14.7 Å². The zero-order chi connectivity index (χ0) is 13.5. The SMILES string of the molecule is CC(C)[C@H]1CO[C@]2(CCN(Cc3cnn(C)c3)C2)C1. The van der Waals surface area contributed by atoms with E-state index in [1.54, 1.807) is 0 Å². The lowest BCUT2D eigenvalue weighted by atomic mass is 9.87. The van der Waals surface area contributed by atoms with Gasteiger partial charge in [0.25, 0.3) is 0 Å². The summed E-state index contributed by atoms with van der Waals surface area (Å²) in [4.78, 5) is 2.51. The fraction of sp³-hybridized carbons (Fsp3) is 0.800. The number of nitrogens with zero attached hydrogens (tertiary/aromatic N) is 3. The maximum atomic E-state index is 6.19. The van der Waals surface area contributed by atoms with E-state index in [1.165, 1.54) is 18.4 Å². The first-order valence-electron chi connectivity index (χ1n) is 7.40. The summed E-state index contributed by atoms with van der Waals surface area (Å²) in [7, 11) is 1.97. The molecule has 1 spiro atoms. The molecule has 0 aromatic carbocycles. The van der Waals surface area contributed by atoms with Crippen molar-refractivity contribution in [2.45, 2.75) is 38.8 Å². The van der Waals surface area contributed by atoms with E-state index in [0.717, 1.165) is 38.1 Å². The Morgan fingerprint density at radius 2 is 2.37 bits per heavy atom. The number of aromatic nitrogens is 2. The average molecular weight is 263 g/mol. The maximum Gasteiger partial charge on any atom is 0.0824 e. The molecule has 0 saturated carbocycles. The molecule has 4 nitrogen and oxygen atoms in total. The van der Waals surface area contributed by atoms with E-state index >= 15 is 0 Å². The molecule has 0 amide bonds. The van der Waals surface area contributed by atoms with Crippen molar-refractivity contribution in [3.63, 3.8) is 0 Å². The van der Waals surface area contributed by atoms with Crippen molar-refractivity contribution in [2.75, 3.05) is 19.7 Å². The van der Waals surface area contributed by atoms with Gasteiger partial charge in [-0.25, -0.2) is 0 Å². The number of ether oxygens (including phenoxy) is 1. The summed E-state index contributed by atoms with van der Waals surface area (Å²) in [6, 6.07) is 0. The van der Waals surface area contributed by atoms with Crippen LogP contribution in [0.3, 0.4) is 0 Å². The van der Waals surface area contributed by atoms with E-state index in [2.05, 4.69) is 30.0 Å². The summed E-state index contributed by atoms with van der Waals surface area (Å²) < 4.78 is 8.06. The van der Waals surface area contributed by atoms with Crippen LogP contribution in [0, 0.1) is 11.8 Å². The summed E-state index contributed by atoms with van der Waals surface area (Å²) in [5, 5.41) is 4.24. The van der Waals surface area contributed by atoms with Gasteiger partial charge in [-0.2, -0.15) is 5.10 Å². The van der Waals surface area contributed by atoms with E-state index < -0.39 is 0 Å². The first kappa shape index (κ1) is 13.1. The summed E-state index contributed by atoms with van der Waals surface area (Å²) in [6.45, 7) is 8.83. The Morgan fingerprint density at radius 1 is 1.53 bits per heavy atom. The molecule has 2 saturated heterocycles. The molecule has 19 heavy (non-hydrogen) atoms. The van der Waals surface area contributed by atoms with Crippen LogP contribution in [-0.2, 0) is 18.3 Å². The van der Waals surface area contributed by atoms with Gasteiger partial charge in [0.2, 0.25) is 0 Å². The molecule has 4 heteroatoms. The second kappa shape index (κ2) is 4.91. The van der Waals surface area contributed by atoms with Gasteiger partial charge < -0.3 is 4.74 Å². The Morgan fingerprint density at radius 3 is 3.00 bits per heavy atom. The van der Waals surface area contributed by atoms with Gasteiger partial charge in [-0.1, -0.05) is 13.8 Å². The summed E-state index contributed by atoms with van der Waals surface area (Å²) in [5.41, 5.74) is 1.45. The first-order chi connectivity index (χ1) is 9.06. The second-order valence-electron chi connectivity index (χ2n) is 6.69. The molecule has 106 valence electrons. The van der Waals surface area contributed by atoms with Gasteiger partial charge in [0.05, 0.1) is 18.4 Å². The molecule has 3 heterocycles. The van der Waals surface area contributed by atoms with E-state index in [-0.39, 0.29) is 5.60 Å². The minimum Gasteiger partial charge on any atom is -0.373 e. The van der Waals surface area contributed by atoms with E-state index in [9.17, 15) is 0 Å². The molecule has 0 aliphatic carbocycles. The Balaban J connectivity index is 1.58. The maximum absolute atomic E-state index is 6.19. The monoisotopic (exact) mass is 263 g/mol. The zero-order valence-electron chi connectivity index (χ0n) is 12.3. The Labute approximate surface area is 115 Å². The largest absolute Gasteiger partial charge is 0.373 e. The molecule has 2 aliphatic heterocycles. The van der Waals surface area contributed by atoms with Crippen LogP contribution in [-0.4, -0.2) is 40.0 Å². The van der Waals surface area contributed by atoms with Gasteiger partial charge in [-0.15, -0.1) is 0 Å². The van der Waals surface area contributed by atoms with Crippen molar-refractivity contribution in [3.8, 4) is 0 Å². The number of aryl methyl sites for hydroxylation is 1. The van der Waals surface area contributed by atoms with Crippen LogP contribution in [0.4, 0.5) is 0 Å². The molecular weight excluding hydrogens is 238 g/mol. The lowest BCUT2D eigenvalue weighted by Gasteiger charge is -2.23. The van der Waals surface area contributed by atoms with Crippen molar-refractivity contribution >= 4 is 0 Å². The molecular formula is C15H25N3O. The number of rotatable bonds is 3. The van der Waals surface area contributed by atoms with E-state index in [4.69, 9.17) is 4.74 Å². The van der Waals surface area contributed by atoms with Crippen molar-refractivity contribution < 1.29 is 4.74 Å². The molecule has 0 N–H and O–H groups in total. The van der Waals surface area contributed by atoms with Crippen LogP contribution in [0.2, 0.25) is 0 Å². The Kier molecular flexibility index (Phi) is 3.39. The minimum absolute atomic E-state index is 0.150. The van der Waals surface area contributed by atoms with Crippen LogP contribution in [0.25, 0.3) is 0 Å². The number of hydrogen-bond acceptors (Lipinski definition) is 3. The lowest BCUT2D eigenvalue weighted by Crippen LogP contribution is -2.32. The molecule has 2 aliphatic rings. The minimum atomic E-state index is 0.150. The summed E-state index contributed by atoms with van der Waals surface area (Å²) in [6.07, 6.45) is 6.51. The predicted molar refractivity (Wildman–Crippen MR) is 74.7 cm³/mol. The molecule has 0 unspecified atom stereocenters. The zero-order valence-corrected chi connectivity index (χ0v) is 12.3. The van der Waals surface area contributed by atoms with Crippen molar-refractivity contribution in [2.24, 2.45) is 18.9 Å². The van der Waals surface area contributed by atoms with Gasteiger partial charge in [0, 0.05) is 38.4 Å². The summed E-state index contributed by atoms with van der Waals surface area (Å²) >= 11 is 0. The molecule has 0 bridgehead atoms. The molecule has 2 atom stereocenters. The van der Waals surface area contributed by atoms with Crippen LogP contribution in [0.1, 0.15) is 32.3 Å². The van der Waals surface area contributed by atoms with Gasteiger partial charge in [0.15, 0.2) is 0 Å². The third-order valence-electron chi connectivity index (χ3n) is 4.74. The molecule has 1 aromatic heterocycles. The normalized spacial score (nSPS) is 31.9. The fourth-order valence-electron chi connectivity index (χ4n) is 3.47. The molecule has 0 radical (unpaired) electrons. The smallest absolute Gasteiger partial charge is 0.0824 e. The third-order valence-corrected chi connectivity index (χ3v) is 4.74. The topological polar surface area (TPSA) is 30.3 Å². The Bertz CT molecular complexity index is 442. The number of likely N-dealkylation sites (tertiary alicyclic amines) is 1. The highest BCUT2D eigenvalue weighted by atomic mass is 16.5. The number of hydrogen-bond donors (Lipinski definition) is 0. The fourth-order valence-corrected chi connectivity index (χ4v) is 3.47. The van der Waals surface area contributed by atoms with Crippen LogP contribution >= 0.6 is 0 Å². The highest BCUT2D eigenvalue weighted by Crippen LogP contribution is 2.40. The second-order valence-corrected chi connectivity index (χ2v) is 6.69. The standard InChI is InChI=1S/C15H25N3O/c1-12(2)14-6-15(19-10-14)4-5-18(11-15)9-13-7-16-17(3)8-13/h7-8,12,14H,4-6,9-11H2,1-3H3/t14-,15-/m1/s1. The lowest BCUT2D eigenvalue weighted by molar-refractivity contribution is 0.0106. The highest BCUT2D eigenvalue weighted by molar-refractivity contribution is 5.06. The highest BCUT2D eigenvalue weighted by Gasteiger charge is 2.45. The van der Waals surface area contributed by atoms with Crippen molar-refractivity contribution in [3.05, 3.63) is 18.0 Å². The molecule has 1 aromatic rings. The van der Waals surface area contributed by atoms with Gasteiger partial charge in [0.1, 0.15) is 0 Å². The summed E-state index contributed by atoms with van der Waals surface area (Å²) in [5.74, 6) is 1.49. The third kappa shape index (κ3) is 2.70. The predicted octanol–water partition coefficient (Wildman–Crippen LogP) is 2.06. The van der Waals surface area contributed by atoms with Crippen LogP contribution in [0.15, 0.2) is 12.4 Å². The Hall–Kier alpha value is -0.870. The molecule has 2 fully saturated rings. The van der Waals surface area contributed by atoms with Crippen LogP contribution in [0.5, 0.6) is 0 Å². The van der Waals surface area contributed by atoms with Crippen LogP contribution < -0.4 is 0 Å². The van der Waals surface area contributed by atoms with E-state index in [1.807, 2.05) is 17.9 Å². The van der Waals surface area contributed by atoms with Crippen molar-refractivity contribution in [1.29, 1.82) is 0 Å². The first-order valence-corrected chi connectivity index (χ1v) is 7.40. The average Bonchev–Trinajstić information content (AvgIpc) is 3.04. The van der Waals surface area contributed by atoms with E-state index in [0.29, 0.717) is 0 Å². The molecule has 3 rings (SSSR count). The quantitative estimate of drug-likeness (QED) is 0.836. The van der Waals surface area contributed by atoms with Gasteiger partial charge >= 0.3 is 0 Å².